The topological polar surface area (TPSA) is 42.7 Å². The van der Waals surface area contributed by atoms with Crippen molar-refractivity contribution >= 4 is 11.8 Å². The summed E-state index contributed by atoms with van der Waals surface area (Å²) < 4.78 is 14.6. The normalized spacial score (nSPS) is 10.8. The molecule has 1 N–H and O–H groups in total. The smallest absolute Gasteiger partial charge is 0.123 e. The van der Waals surface area contributed by atoms with Gasteiger partial charge in [-0.15, -0.1) is 16.9 Å². The third kappa shape index (κ3) is 4.65. The molecular weight excluding hydrogens is 263 g/mol. The first kappa shape index (κ1) is 14.0. The second-order valence-electron chi connectivity index (χ2n) is 4.06. The van der Waals surface area contributed by atoms with Crippen LogP contribution in [0.1, 0.15) is 12.6 Å². The van der Waals surface area contributed by atoms with Gasteiger partial charge in [-0.2, -0.15) is 0 Å². The average Bonchev–Trinajstić information content (AvgIpc) is 2.87. The summed E-state index contributed by atoms with van der Waals surface area (Å²) in [4.78, 5) is 1.06. The Balaban J connectivity index is 1.76. The van der Waals surface area contributed by atoms with Crippen molar-refractivity contribution in [3.8, 4) is 0 Å². The van der Waals surface area contributed by atoms with Gasteiger partial charge in [0.15, 0.2) is 0 Å². The van der Waals surface area contributed by atoms with Crippen LogP contribution in [0.3, 0.4) is 0 Å². The van der Waals surface area contributed by atoms with Gasteiger partial charge in [0.1, 0.15) is 5.82 Å². The Bertz CT molecular complexity index is 498. The van der Waals surface area contributed by atoms with Crippen LogP contribution in [0, 0.1) is 5.82 Å². The van der Waals surface area contributed by atoms with E-state index >= 15 is 0 Å². The summed E-state index contributed by atoms with van der Waals surface area (Å²) in [5.41, 5.74) is 0.952. The van der Waals surface area contributed by atoms with Crippen LogP contribution in [-0.4, -0.2) is 27.3 Å². The van der Waals surface area contributed by atoms with E-state index in [-0.39, 0.29) is 5.82 Å². The summed E-state index contributed by atoms with van der Waals surface area (Å²) in [6, 6.07) is 6.54. The fraction of sp³-hybridized carbons (Fsp3) is 0.385. The van der Waals surface area contributed by atoms with Crippen molar-refractivity contribution in [3.63, 3.8) is 0 Å². The maximum absolute atomic E-state index is 12.7. The maximum atomic E-state index is 12.7. The quantitative estimate of drug-likeness (QED) is 0.790. The Kier molecular flexibility index (Phi) is 5.35. The summed E-state index contributed by atoms with van der Waals surface area (Å²) in [5.74, 6) is 0.684. The Morgan fingerprint density at radius 1 is 1.32 bits per heavy atom. The monoisotopic (exact) mass is 280 g/mol. The van der Waals surface area contributed by atoms with Crippen LogP contribution in [0.25, 0.3) is 0 Å². The number of nitrogens with zero attached hydrogens (tertiary/aromatic N) is 3. The van der Waals surface area contributed by atoms with E-state index in [1.54, 1.807) is 23.9 Å². The Hall–Kier alpha value is -1.40. The molecule has 0 spiro atoms. The van der Waals surface area contributed by atoms with E-state index in [1.165, 1.54) is 12.1 Å². The molecule has 0 amide bonds. The zero-order chi connectivity index (χ0) is 13.5. The predicted molar refractivity (Wildman–Crippen MR) is 74.5 cm³/mol. The number of aromatic nitrogens is 3. The molecule has 6 heteroatoms. The Morgan fingerprint density at radius 2 is 2.11 bits per heavy atom. The van der Waals surface area contributed by atoms with Gasteiger partial charge in [0.2, 0.25) is 0 Å². The van der Waals surface area contributed by atoms with Crippen LogP contribution < -0.4 is 5.32 Å². The van der Waals surface area contributed by atoms with Gasteiger partial charge in [-0.1, -0.05) is 12.1 Å². The first-order chi connectivity index (χ1) is 9.28. The number of hydrogen-bond donors (Lipinski definition) is 1. The van der Waals surface area contributed by atoms with Gasteiger partial charge in [0.05, 0.1) is 12.2 Å². The molecule has 2 aromatic rings. The van der Waals surface area contributed by atoms with E-state index in [0.717, 1.165) is 36.0 Å². The highest BCUT2D eigenvalue weighted by Gasteiger charge is 2.00. The number of nitrogens with one attached hydrogen (secondary N) is 1. The number of thioether (sulfide) groups is 1. The number of aryl methyl sites for hydroxylation is 1. The minimum absolute atomic E-state index is 0.200. The third-order valence-electron chi connectivity index (χ3n) is 2.54. The van der Waals surface area contributed by atoms with Gasteiger partial charge in [-0.25, -0.2) is 4.39 Å². The highest BCUT2D eigenvalue weighted by Crippen LogP contribution is 2.18. The number of hydrogen-bond acceptors (Lipinski definition) is 4. The maximum Gasteiger partial charge on any atom is 0.123 e. The average molecular weight is 280 g/mol. The molecule has 1 aromatic carbocycles. The first-order valence-electron chi connectivity index (χ1n) is 6.26. The molecule has 2 rings (SSSR count). The van der Waals surface area contributed by atoms with Crippen LogP contribution >= 0.6 is 11.8 Å². The molecule has 0 fully saturated rings. The van der Waals surface area contributed by atoms with Gasteiger partial charge >= 0.3 is 0 Å². The second kappa shape index (κ2) is 7.25. The standard InChI is InChI=1S/C13H17FN4S/c1-2-15-9-12-10-18(17-16-12)7-8-19-13-5-3-11(14)4-6-13/h3-6,10,15H,2,7-9H2,1H3. The Labute approximate surface area is 116 Å². The summed E-state index contributed by atoms with van der Waals surface area (Å²) in [7, 11) is 0. The van der Waals surface area contributed by atoms with Crippen molar-refractivity contribution in [1.29, 1.82) is 0 Å². The highest BCUT2D eigenvalue weighted by molar-refractivity contribution is 7.99. The molecule has 0 aliphatic heterocycles. The largest absolute Gasteiger partial charge is 0.311 e. The molecule has 1 heterocycles. The lowest BCUT2D eigenvalue weighted by Crippen LogP contribution is -2.11. The first-order valence-corrected chi connectivity index (χ1v) is 7.24. The molecule has 0 unspecified atom stereocenters. The van der Waals surface area contributed by atoms with E-state index in [9.17, 15) is 4.39 Å². The van der Waals surface area contributed by atoms with E-state index in [0.29, 0.717) is 0 Å². The summed E-state index contributed by atoms with van der Waals surface area (Å²) >= 11 is 1.68. The van der Waals surface area contributed by atoms with E-state index in [4.69, 9.17) is 0 Å². The molecule has 0 aliphatic rings. The summed E-state index contributed by atoms with van der Waals surface area (Å²) in [6.07, 6.45) is 1.95. The SMILES string of the molecule is CCNCc1cn(CCSc2ccc(F)cc2)nn1. The van der Waals surface area contributed by atoms with Gasteiger partial charge in [-0.3, -0.25) is 4.68 Å². The summed E-state index contributed by atoms with van der Waals surface area (Å²) in [5, 5.41) is 11.4. The van der Waals surface area contributed by atoms with Crippen LogP contribution in [0.4, 0.5) is 4.39 Å². The van der Waals surface area contributed by atoms with Crippen molar-refractivity contribution in [3.05, 3.63) is 42.0 Å². The third-order valence-corrected chi connectivity index (χ3v) is 3.54. The molecule has 0 saturated heterocycles. The molecule has 1 aromatic heterocycles. The van der Waals surface area contributed by atoms with Crippen LogP contribution in [0.5, 0.6) is 0 Å². The van der Waals surface area contributed by atoms with Crippen molar-refractivity contribution in [2.75, 3.05) is 12.3 Å². The summed E-state index contributed by atoms with van der Waals surface area (Å²) in [6.45, 7) is 4.53. The zero-order valence-corrected chi connectivity index (χ0v) is 11.7. The van der Waals surface area contributed by atoms with Crippen LogP contribution in [-0.2, 0) is 13.1 Å². The predicted octanol–water partition coefficient (Wildman–Crippen LogP) is 2.32. The van der Waals surface area contributed by atoms with Crippen molar-refractivity contribution < 1.29 is 4.39 Å². The van der Waals surface area contributed by atoms with E-state index in [2.05, 4.69) is 22.6 Å². The molecule has 0 bridgehead atoms. The molecular formula is C13H17FN4S. The molecule has 19 heavy (non-hydrogen) atoms. The lowest BCUT2D eigenvalue weighted by molar-refractivity contribution is 0.626. The molecule has 4 nitrogen and oxygen atoms in total. The minimum atomic E-state index is -0.200. The molecule has 0 saturated carbocycles. The van der Waals surface area contributed by atoms with Crippen LogP contribution in [0.15, 0.2) is 35.4 Å². The second-order valence-corrected chi connectivity index (χ2v) is 5.22. The number of benzene rings is 1. The van der Waals surface area contributed by atoms with Gasteiger partial charge in [0, 0.05) is 23.4 Å². The Morgan fingerprint density at radius 3 is 2.84 bits per heavy atom. The minimum Gasteiger partial charge on any atom is -0.311 e. The number of rotatable bonds is 7. The lowest BCUT2D eigenvalue weighted by atomic mass is 10.4. The van der Waals surface area contributed by atoms with Crippen molar-refractivity contribution in [2.24, 2.45) is 0 Å². The van der Waals surface area contributed by atoms with E-state index in [1.807, 2.05) is 10.9 Å². The van der Waals surface area contributed by atoms with Gasteiger partial charge < -0.3 is 5.32 Å². The lowest BCUT2D eigenvalue weighted by Gasteiger charge is -2.01. The fourth-order valence-corrected chi connectivity index (χ4v) is 2.41. The zero-order valence-electron chi connectivity index (χ0n) is 10.8. The fourth-order valence-electron chi connectivity index (χ4n) is 1.57. The van der Waals surface area contributed by atoms with E-state index < -0.39 is 0 Å². The molecule has 102 valence electrons. The van der Waals surface area contributed by atoms with Gasteiger partial charge in [-0.05, 0) is 30.8 Å². The highest BCUT2D eigenvalue weighted by atomic mass is 32.2. The van der Waals surface area contributed by atoms with Crippen molar-refractivity contribution in [2.45, 2.75) is 24.9 Å². The molecule has 0 radical (unpaired) electrons. The van der Waals surface area contributed by atoms with Gasteiger partial charge in [0.25, 0.3) is 0 Å². The molecule has 0 atom stereocenters. The van der Waals surface area contributed by atoms with Crippen LogP contribution in [0.2, 0.25) is 0 Å². The number of halogens is 1. The van der Waals surface area contributed by atoms with Crippen molar-refractivity contribution in [1.82, 2.24) is 20.3 Å². The molecule has 0 aliphatic carbocycles.